The van der Waals surface area contributed by atoms with Gasteiger partial charge < -0.3 is 49.7 Å². The van der Waals surface area contributed by atoms with Gasteiger partial charge in [-0.3, -0.25) is 9.59 Å². The smallest absolute Gasteiger partial charge is 0.412 e. The SMILES string of the molecule is COc1ccc(C[C@H]2COC(=O)[C@@H]2CCc2ccc(OC(=O)NC3CCN(C(=O)[C@@H](N)COC(=O)NC45CC6CC(C)(CC(C)(C6)C4)C5)CC3)c(OC)c2)cc1OC. The fourth-order valence-corrected chi connectivity index (χ4v) is 11.6. The number of rotatable bonds is 14. The van der Waals surface area contributed by atoms with Gasteiger partial charge in [0.15, 0.2) is 23.0 Å². The van der Waals surface area contributed by atoms with E-state index in [4.69, 9.17) is 34.2 Å². The number of likely N-dealkylation sites (tertiary alicyclic amines) is 1. The molecule has 2 aliphatic heterocycles. The molecule has 0 radical (unpaired) electrons. The summed E-state index contributed by atoms with van der Waals surface area (Å²) in [6, 6.07) is 9.96. The van der Waals surface area contributed by atoms with Crippen molar-refractivity contribution in [3.05, 3.63) is 47.5 Å². The Kier molecular flexibility index (Phi) is 12.1. The minimum Gasteiger partial charge on any atom is -0.493 e. The van der Waals surface area contributed by atoms with Crippen LogP contribution in [0, 0.1) is 28.6 Å². The molecule has 14 nitrogen and oxygen atoms in total. The van der Waals surface area contributed by atoms with Gasteiger partial charge in [-0.15, -0.1) is 0 Å². The van der Waals surface area contributed by atoms with Gasteiger partial charge in [-0.05, 0) is 123 Å². The molecule has 2 aromatic rings. The summed E-state index contributed by atoms with van der Waals surface area (Å²) in [7, 11) is 4.70. The summed E-state index contributed by atoms with van der Waals surface area (Å²) in [6.45, 7) is 5.66. The number of carbonyl (C=O) groups excluding carboxylic acids is 4. The maximum Gasteiger partial charge on any atom is 0.412 e. The Labute approximate surface area is 341 Å². The zero-order valence-corrected chi connectivity index (χ0v) is 34.6. The number of alkyl carbamates (subject to hydrolysis) is 1. The first kappa shape index (κ1) is 41.4. The number of nitrogens with one attached hydrogen (secondary N) is 2. The molecule has 14 heteroatoms. The number of benzene rings is 2. The normalized spacial score (nSPS) is 29.3. The van der Waals surface area contributed by atoms with Crippen LogP contribution in [0.15, 0.2) is 36.4 Å². The molecule has 4 bridgehead atoms. The lowest BCUT2D eigenvalue weighted by Crippen LogP contribution is -2.65. The zero-order chi connectivity index (χ0) is 41.2. The van der Waals surface area contributed by atoms with Crippen molar-refractivity contribution >= 4 is 24.1 Å². The molecule has 6 aliphatic rings. The lowest BCUT2D eigenvalue weighted by Gasteiger charge is -2.65. The maximum atomic E-state index is 13.2. The number of aryl methyl sites for hydroxylation is 1. The molecule has 4 aliphatic carbocycles. The Bertz CT molecular complexity index is 1840. The summed E-state index contributed by atoms with van der Waals surface area (Å²) in [5.74, 6) is 1.87. The third-order valence-corrected chi connectivity index (χ3v) is 13.3. The van der Waals surface area contributed by atoms with Crippen molar-refractivity contribution in [3.63, 3.8) is 0 Å². The fraction of sp³-hybridized carbons (Fsp3) is 0.636. The van der Waals surface area contributed by atoms with Crippen molar-refractivity contribution in [2.75, 3.05) is 47.6 Å². The minimum atomic E-state index is -0.973. The monoisotopic (exact) mass is 804 g/mol. The van der Waals surface area contributed by atoms with Crippen LogP contribution in [0.1, 0.15) is 82.8 Å². The van der Waals surface area contributed by atoms with Crippen molar-refractivity contribution in [1.29, 1.82) is 0 Å². The average molecular weight is 805 g/mol. The van der Waals surface area contributed by atoms with Gasteiger partial charge in [-0.2, -0.15) is 0 Å². The first-order valence-electron chi connectivity index (χ1n) is 20.7. The highest BCUT2D eigenvalue weighted by Crippen LogP contribution is 2.66. The van der Waals surface area contributed by atoms with Crippen molar-refractivity contribution in [1.82, 2.24) is 15.5 Å². The van der Waals surface area contributed by atoms with Gasteiger partial charge in [0.25, 0.3) is 0 Å². The highest BCUT2D eigenvalue weighted by atomic mass is 16.6. The molecule has 58 heavy (non-hydrogen) atoms. The summed E-state index contributed by atoms with van der Waals surface area (Å²) in [5, 5.41) is 6.11. The minimum absolute atomic E-state index is 0.0244. The van der Waals surface area contributed by atoms with Crippen LogP contribution in [-0.4, -0.2) is 94.2 Å². The largest absolute Gasteiger partial charge is 0.493 e. The maximum absolute atomic E-state index is 13.2. The molecule has 316 valence electrons. The van der Waals surface area contributed by atoms with E-state index in [2.05, 4.69) is 24.5 Å². The van der Waals surface area contributed by atoms with E-state index in [0.717, 1.165) is 30.4 Å². The number of carbonyl (C=O) groups is 4. The molecule has 6 fully saturated rings. The van der Waals surface area contributed by atoms with Crippen LogP contribution in [0.4, 0.5) is 9.59 Å². The summed E-state index contributed by atoms with van der Waals surface area (Å²) in [6.07, 6.45) is 8.35. The number of methoxy groups -OCH3 is 3. The summed E-state index contributed by atoms with van der Waals surface area (Å²) in [4.78, 5) is 53.5. The molecule has 0 spiro atoms. The molecular formula is C44H60N4O10. The molecule has 2 unspecified atom stereocenters. The van der Waals surface area contributed by atoms with Crippen molar-refractivity contribution in [3.8, 4) is 23.0 Å². The van der Waals surface area contributed by atoms with Gasteiger partial charge in [-0.1, -0.05) is 26.0 Å². The number of ether oxygens (including phenoxy) is 6. The van der Waals surface area contributed by atoms with Crippen LogP contribution in [0.2, 0.25) is 0 Å². The van der Waals surface area contributed by atoms with Crippen molar-refractivity contribution < 1.29 is 47.6 Å². The summed E-state index contributed by atoms with van der Waals surface area (Å²) in [5.41, 5.74) is 8.45. The molecule has 2 heterocycles. The first-order valence-corrected chi connectivity index (χ1v) is 20.7. The second-order valence-electron chi connectivity index (χ2n) is 18.3. The third kappa shape index (κ3) is 9.27. The number of cyclic esters (lactones) is 1. The Balaban J connectivity index is 0.832. The van der Waals surface area contributed by atoms with Crippen molar-refractivity contribution in [2.45, 2.75) is 102 Å². The lowest BCUT2D eigenvalue weighted by molar-refractivity contribution is -0.141. The molecular weight excluding hydrogens is 745 g/mol. The highest BCUT2D eigenvalue weighted by molar-refractivity contribution is 5.82. The van der Waals surface area contributed by atoms with Crippen molar-refractivity contribution in [2.24, 2.45) is 34.3 Å². The summed E-state index contributed by atoms with van der Waals surface area (Å²) < 4.78 is 33.0. The molecule has 2 aromatic carbocycles. The number of amides is 3. The van der Waals surface area contributed by atoms with Gasteiger partial charge in [0.05, 0.1) is 33.9 Å². The van der Waals surface area contributed by atoms with Crippen LogP contribution in [0.25, 0.3) is 0 Å². The van der Waals surface area contributed by atoms with Gasteiger partial charge in [0, 0.05) is 30.6 Å². The molecule has 8 rings (SSSR count). The second-order valence-corrected chi connectivity index (χ2v) is 18.3. The van der Waals surface area contributed by atoms with E-state index in [1.807, 2.05) is 30.3 Å². The van der Waals surface area contributed by atoms with Gasteiger partial charge in [0.1, 0.15) is 12.6 Å². The Morgan fingerprint density at radius 1 is 0.862 bits per heavy atom. The average Bonchev–Trinajstić information content (AvgIpc) is 3.52. The quantitative estimate of drug-likeness (QED) is 0.204. The Hall–Kier alpha value is -4.72. The number of piperidine rings is 1. The Morgan fingerprint density at radius 3 is 2.17 bits per heavy atom. The number of hydrogen-bond donors (Lipinski definition) is 3. The topological polar surface area (TPSA) is 177 Å². The van der Waals surface area contributed by atoms with E-state index in [1.165, 1.54) is 26.4 Å². The Morgan fingerprint density at radius 2 is 1.50 bits per heavy atom. The van der Waals surface area contributed by atoms with Crippen LogP contribution < -0.4 is 35.3 Å². The van der Waals surface area contributed by atoms with Crippen LogP contribution in [0.5, 0.6) is 23.0 Å². The highest BCUT2D eigenvalue weighted by Gasteiger charge is 2.60. The third-order valence-electron chi connectivity index (χ3n) is 13.3. The van der Waals surface area contributed by atoms with Gasteiger partial charge in [-0.25, -0.2) is 9.59 Å². The zero-order valence-electron chi connectivity index (χ0n) is 34.6. The van der Waals surface area contributed by atoms with Gasteiger partial charge in [0.2, 0.25) is 5.91 Å². The number of hydrogen-bond acceptors (Lipinski definition) is 11. The van der Waals surface area contributed by atoms with E-state index in [9.17, 15) is 19.2 Å². The molecule has 2 saturated heterocycles. The second kappa shape index (κ2) is 16.9. The number of esters is 1. The predicted octanol–water partition coefficient (Wildman–Crippen LogP) is 5.56. The molecule has 3 amide bonds. The molecule has 0 aromatic heterocycles. The molecule has 4 N–H and O–H groups in total. The number of nitrogens with zero attached hydrogens (tertiary/aromatic N) is 1. The van der Waals surface area contributed by atoms with Crippen LogP contribution in [-0.2, 0) is 31.9 Å². The van der Waals surface area contributed by atoms with E-state index in [0.29, 0.717) is 75.0 Å². The van der Waals surface area contributed by atoms with Gasteiger partial charge >= 0.3 is 18.2 Å². The molecule has 5 atom stereocenters. The fourth-order valence-electron chi connectivity index (χ4n) is 11.6. The predicted molar refractivity (Wildman–Crippen MR) is 214 cm³/mol. The van der Waals surface area contributed by atoms with E-state index >= 15 is 0 Å². The van der Waals surface area contributed by atoms with E-state index < -0.39 is 18.2 Å². The van der Waals surface area contributed by atoms with E-state index in [-0.39, 0.29) is 58.5 Å². The van der Waals surface area contributed by atoms with E-state index in [1.54, 1.807) is 25.2 Å². The lowest BCUT2D eigenvalue weighted by atomic mass is 9.43. The number of nitrogens with two attached hydrogens (primary N) is 1. The van der Waals surface area contributed by atoms with Crippen LogP contribution in [0.3, 0.4) is 0 Å². The first-order chi connectivity index (χ1) is 27.7. The van der Waals surface area contributed by atoms with Crippen LogP contribution >= 0.6 is 0 Å². The summed E-state index contributed by atoms with van der Waals surface area (Å²) >= 11 is 0. The standard InChI is InChI=1S/C44H60N4O10/c1-42-19-29-20-43(2,24-42)26-44(21-29,25-42)47-41(52)57-23-33(45)38(49)48-14-12-31(13-15-48)46-40(51)58-35-11-7-27(17-37(35)55-5)6-9-32-30(22-56-39(32)50)16-28-8-10-34(53-3)36(18-28)54-4/h7-8,10-11,17-18,29-33H,6,9,12-16,19-26,45H2,1-5H3,(H,46,51)(H,47,52)/t29?,30-,32+,33-,42?,43?,44?/m0/s1. The molecule has 4 saturated carbocycles.